The SMILES string of the molecule is N#CC(O)C(O)c1c[nH]c(C(=O)C(Cl)(Cl)Cl)c1. The van der Waals surface area contributed by atoms with Crippen molar-refractivity contribution in [1.82, 2.24) is 4.98 Å². The van der Waals surface area contributed by atoms with E-state index in [4.69, 9.17) is 45.2 Å². The van der Waals surface area contributed by atoms with Crippen molar-refractivity contribution >= 4 is 40.6 Å². The highest BCUT2D eigenvalue weighted by atomic mass is 35.6. The molecule has 0 bridgehead atoms. The van der Waals surface area contributed by atoms with E-state index in [1.807, 2.05) is 0 Å². The first-order valence-corrected chi connectivity index (χ1v) is 5.46. The molecule has 0 spiro atoms. The van der Waals surface area contributed by atoms with Crippen LogP contribution in [0.3, 0.4) is 0 Å². The van der Waals surface area contributed by atoms with Crippen LogP contribution in [0.1, 0.15) is 22.2 Å². The van der Waals surface area contributed by atoms with E-state index in [-0.39, 0.29) is 11.3 Å². The van der Waals surface area contributed by atoms with Crippen LogP contribution >= 0.6 is 34.8 Å². The molecule has 2 atom stereocenters. The van der Waals surface area contributed by atoms with Crippen LogP contribution in [-0.4, -0.2) is 30.9 Å². The fourth-order valence-electron chi connectivity index (χ4n) is 1.12. The molecule has 8 heteroatoms. The number of aromatic amines is 1. The lowest BCUT2D eigenvalue weighted by atomic mass is 10.1. The van der Waals surface area contributed by atoms with Crippen molar-refractivity contribution in [2.75, 3.05) is 0 Å². The van der Waals surface area contributed by atoms with Crippen molar-refractivity contribution < 1.29 is 15.0 Å². The van der Waals surface area contributed by atoms with Crippen LogP contribution in [0.15, 0.2) is 12.3 Å². The number of hydrogen-bond donors (Lipinski definition) is 3. The van der Waals surface area contributed by atoms with Crippen LogP contribution in [0.2, 0.25) is 0 Å². The van der Waals surface area contributed by atoms with Crippen LogP contribution in [-0.2, 0) is 0 Å². The van der Waals surface area contributed by atoms with E-state index in [1.165, 1.54) is 18.3 Å². The van der Waals surface area contributed by atoms with Gasteiger partial charge in [0, 0.05) is 11.8 Å². The number of nitrogens with zero attached hydrogens (tertiary/aromatic N) is 1. The van der Waals surface area contributed by atoms with Crippen molar-refractivity contribution in [3.8, 4) is 6.07 Å². The Bertz CT molecular complexity index is 461. The third kappa shape index (κ3) is 3.35. The molecule has 0 aromatic carbocycles. The highest BCUT2D eigenvalue weighted by Gasteiger charge is 2.33. The number of aliphatic hydroxyl groups is 2. The fraction of sp³-hybridized carbons (Fsp3) is 0.333. The number of aliphatic hydroxyl groups excluding tert-OH is 2. The summed E-state index contributed by atoms with van der Waals surface area (Å²) in [7, 11) is 0. The molecule has 0 saturated carbocycles. The van der Waals surface area contributed by atoms with Gasteiger partial charge in [0.15, 0.2) is 6.10 Å². The molecule has 0 amide bonds. The van der Waals surface area contributed by atoms with Gasteiger partial charge in [0.05, 0.1) is 11.8 Å². The van der Waals surface area contributed by atoms with Gasteiger partial charge in [-0.1, -0.05) is 34.8 Å². The number of nitriles is 1. The lowest BCUT2D eigenvalue weighted by Crippen LogP contribution is -2.19. The fourth-order valence-corrected chi connectivity index (χ4v) is 1.42. The Hall–Kier alpha value is -0.770. The molecule has 1 aromatic rings. The van der Waals surface area contributed by atoms with Gasteiger partial charge in [0.2, 0.25) is 5.78 Å². The molecule has 0 aliphatic carbocycles. The molecule has 92 valence electrons. The molecule has 0 radical (unpaired) electrons. The maximum atomic E-state index is 11.5. The monoisotopic (exact) mass is 296 g/mol. The predicted molar refractivity (Wildman–Crippen MR) is 62.0 cm³/mol. The van der Waals surface area contributed by atoms with Crippen molar-refractivity contribution in [3.63, 3.8) is 0 Å². The normalized spacial score (nSPS) is 15.1. The van der Waals surface area contributed by atoms with E-state index in [1.54, 1.807) is 0 Å². The molecule has 5 nitrogen and oxygen atoms in total. The van der Waals surface area contributed by atoms with Gasteiger partial charge in [-0.05, 0) is 6.07 Å². The molecule has 1 aromatic heterocycles. The predicted octanol–water partition coefficient (Wildman–Crippen LogP) is 1.49. The summed E-state index contributed by atoms with van der Waals surface area (Å²) < 4.78 is -2.11. The van der Waals surface area contributed by atoms with Gasteiger partial charge >= 0.3 is 0 Å². The number of Topliss-reactive ketones (excluding diaryl/α,β-unsaturated/α-hetero) is 1. The van der Waals surface area contributed by atoms with Crippen LogP contribution in [0.4, 0.5) is 0 Å². The number of H-pyrrole nitrogens is 1. The number of halogens is 3. The van der Waals surface area contributed by atoms with Crippen LogP contribution in [0, 0.1) is 11.3 Å². The number of nitrogens with one attached hydrogen (secondary N) is 1. The van der Waals surface area contributed by atoms with Gasteiger partial charge in [0.1, 0.15) is 6.10 Å². The number of carbonyl (C=O) groups excluding carboxylic acids is 1. The van der Waals surface area contributed by atoms with Crippen molar-refractivity contribution in [3.05, 3.63) is 23.5 Å². The topological polar surface area (TPSA) is 97.1 Å². The number of ketones is 1. The maximum absolute atomic E-state index is 11.5. The van der Waals surface area contributed by atoms with Gasteiger partial charge in [-0.15, -0.1) is 0 Å². The van der Waals surface area contributed by atoms with Gasteiger partial charge in [-0.25, -0.2) is 0 Å². The summed E-state index contributed by atoms with van der Waals surface area (Å²) in [4.78, 5) is 14.0. The number of aromatic nitrogens is 1. The minimum absolute atomic E-state index is 0.0378. The Morgan fingerprint density at radius 3 is 2.53 bits per heavy atom. The molecular weight excluding hydrogens is 290 g/mol. The highest BCUT2D eigenvalue weighted by Crippen LogP contribution is 2.31. The zero-order valence-electron chi connectivity index (χ0n) is 8.19. The van der Waals surface area contributed by atoms with Crippen molar-refractivity contribution in [1.29, 1.82) is 5.26 Å². The lowest BCUT2D eigenvalue weighted by Gasteiger charge is -2.09. The number of rotatable bonds is 3. The summed E-state index contributed by atoms with van der Waals surface area (Å²) in [6, 6.07) is 2.66. The smallest absolute Gasteiger partial charge is 0.254 e. The zero-order valence-corrected chi connectivity index (χ0v) is 10.5. The van der Waals surface area contributed by atoms with Crippen molar-refractivity contribution in [2.45, 2.75) is 16.0 Å². The lowest BCUT2D eigenvalue weighted by molar-refractivity contribution is 0.0529. The van der Waals surface area contributed by atoms with E-state index in [0.29, 0.717) is 0 Å². The zero-order chi connectivity index (χ0) is 13.2. The Morgan fingerprint density at radius 1 is 1.47 bits per heavy atom. The Labute approximate surface area is 112 Å². The highest BCUT2D eigenvalue weighted by molar-refractivity contribution is 6.77. The van der Waals surface area contributed by atoms with Gasteiger partial charge in [-0.3, -0.25) is 4.79 Å². The Balaban J connectivity index is 2.94. The van der Waals surface area contributed by atoms with Crippen LogP contribution in [0.25, 0.3) is 0 Å². The molecule has 0 fully saturated rings. The summed E-state index contributed by atoms with van der Waals surface area (Å²) >= 11 is 16.2. The standard InChI is InChI=1S/C9H7Cl3N2O3/c10-9(11,12)8(17)5-1-4(3-14-5)7(16)6(15)2-13/h1,3,6-7,14-16H. The Morgan fingerprint density at radius 2 is 2.06 bits per heavy atom. The minimum atomic E-state index is -2.11. The van der Waals surface area contributed by atoms with Gasteiger partial charge < -0.3 is 15.2 Å². The molecule has 3 N–H and O–H groups in total. The molecule has 1 rings (SSSR count). The summed E-state index contributed by atoms with van der Waals surface area (Å²) in [6.07, 6.45) is -1.79. The summed E-state index contributed by atoms with van der Waals surface area (Å²) in [5.41, 5.74) is 0.112. The maximum Gasteiger partial charge on any atom is 0.254 e. The summed E-state index contributed by atoms with van der Waals surface area (Å²) in [5, 5.41) is 27.0. The first-order chi connectivity index (χ1) is 7.77. The van der Waals surface area contributed by atoms with Crippen molar-refractivity contribution in [2.24, 2.45) is 0 Å². The number of alkyl halides is 3. The van der Waals surface area contributed by atoms with E-state index < -0.39 is 21.8 Å². The average Bonchev–Trinajstić information content (AvgIpc) is 2.73. The molecule has 1 heterocycles. The average molecular weight is 298 g/mol. The quantitative estimate of drug-likeness (QED) is 0.447. The second kappa shape index (κ2) is 5.25. The first kappa shape index (κ1) is 14.3. The second-order valence-corrected chi connectivity index (χ2v) is 5.47. The van der Waals surface area contributed by atoms with E-state index >= 15 is 0 Å². The number of carbonyl (C=O) groups is 1. The molecule has 0 saturated heterocycles. The van der Waals surface area contributed by atoms with E-state index in [9.17, 15) is 9.90 Å². The van der Waals surface area contributed by atoms with Crippen LogP contribution in [0.5, 0.6) is 0 Å². The third-order valence-corrected chi connectivity index (χ3v) is 2.50. The largest absolute Gasteiger partial charge is 0.384 e. The van der Waals surface area contributed by atoms with E-state index in [0.717, 1.165) is 0 Å². The Kier molecular flexibility index (Phi) is 4.42. The molecule has 0 aliphatic heterocycles. The van der Waals surface area contributed by atoms with E-state index in [2.05, 4.69) is 4.98 Å². The summed E-state index contributed by atoms with van der Waals surface area (Å²) in [5.74, 6) is -0.799. The van der Waals surface area contributed by atoms with Gasteiger partial charge in [-0.2, -0.15) is 5.26 Å². The van der Waals surface area contributed by atoms with Crippen LogP contribution < -0.4 is 0 Å². The molecular formula is C9H7Cl3N2O3. The minimum Gasteiger partial charge on any atom is -0.384 e. The number of hydrogen-bond acceptors (Lipinski definition) is 4. The molecule has 2 unspecified atom stereocenters. The summed E-state index contributed by atoms with van der Waals surface area (Å²) in [6.45, 7) is 0. The van der Waals surface area contributed by atoms with Gasteiger partial charge in [0.25, 0.3) is 3.79 Å². The molecule has 17 heavy (non-hydrogen) atoms. The first-order valence-electron chi connectivity index (χ1n) is 4.33. The third-order valence-electron chi connectivity index (χ3n) is 1.98. The molecule has 0 aliphatic rings. The second-order valence-electron chi connectivity index (χ2n) is 3.19.